The summed E-state index contributed by atoms with van der Waals surface area (Å²) in [5.74, 6) is 0.342. The van der Waals surface area contributed by atoms with Crippen LogP contribution in [-0.2, 0) is 22.4 Å². The van der Waals surface area contributed by atoms with Crippen molar-refractivity contribution in [1.82, 2.24) is 20.4 Å². The van der Waals surface area contributed by atoms with Crippen molar-refractivity contribution in [1.29, 1.82) is 0 Å². The van der Waals surface area contributed by atoms with Gasteiger partial charge in [-0.2, -0.15) is 5.10 Å². The van der Waals surface area contributed by atoms with Gasteiger partial charge in [-0.05, 0) is 82.1 Å². The zero-order valence-corrected chi connectivity index (χ0v) is 22.4. The number of nitrogens with one attached hydrogen (secondary N) is 2. The van der Waals surface area contributed by atoms with Crippen LogP contribution in [0.5, 0.6) is 0 Å². The Hall–Kier alpha value is -3.46. The molecule has 2 aromatic rings. The third-order valence-corrected chi connectivity index (χ3v) is 7.48. The van der Waals surface area contributed by atoms with E-state index >= 15 is 0 Å². The van der Waals surface area contributed by atoms with Gasteiger partial charge in [-0.25, -0.2) is 0 Å². The molecule has 0 saturated carbocycles. The zero-order valence-electron chi connectivity index (χ0n) is 21.5. The Balaban J connectivity index is 1.15. The van der Waals surface area contributed by atoms with E-state index in [2.05, 4.69) is 57.0 Å². The van der Waals surface area contributed by atoms with Crippen LogP contribution in [0.3, 0.4) is 0 Å². The molecule has 0 unspecified atom stereocenters. The van der Waals surface area contributed by atoms with Crippen LogP contribution in [-0.4, -0.2) is 32.2 Å². The van der Waals surface area contributed by atoms with E-state index in [-0.39, 0.29) is 11.8 Å². The van der Waals surface area contributed by atoms with E-state index in [4.69, 9.17) is 0 Å². The first-order valence-electron chi connectivity index (χ1n) is 12.9. The van der Waals surface area contributed by atoms with Gasteiger partial charge in [0.25, 0.3) is 0 Å². The lowest BCUT2D eigenvalue weighted by Gasteiger charge is -2.12. The van der Waals surface area contributed by atoms with Crippen LogP contribution in [0, 0.1) is 0 Å². The molecule has 0 aliphatic heterocycles. The van der Waals surface area contributed by atoms with E-state index < -0.39 is 0 Å². The number of hydrogen-bond donors (Lipinski definition) is 2. The van der Waals surface area contributed by atoms with Gasteiger partial charge in [-0.1, -0.05) is 46.8 Å². The van der Waals surface area contributed by atoms with Crippen molar-refractivity contribution in [2.24, 2.45) is 0 Å². The van der Waals surface area contributed by atoms with Crippen LogP contribution < -0.4 is 10.6 Å². The van der Waals surface area contributed by atoms with Crippen LogP contribution >= 0.6 is 11.3 Å². The number of amides is 2. The average molecular weight is 519 g/mol. The second kappa shape index (κ2) is 13.2. The monoisotopic (exact) mass is 518 g/mol. The number of carbonyl (C=O) groups excluding carboxylic acids is 2. The molecule has 0 atom stereocenters. The first kappa shape index (κ1) is 26.6. The molecule has 9 heteroatoms. The summed E-state index contributed by atoms with van der Waals surface area (Å²) in [6, 6.07) is 3.71. The van der Waals surface area contributed by atoms with Gasteiger partial charge in [0.05, 0.1) is 18.5 Å². The van der Waals surface area contributed by atoms with Crippen molar-refractivity contribution in [2.75, 3.05) is 10.6 Å². The fourth-order valence-electron chi connectivity index (χ4n) is 4.32. The van der Waals surface area contributed by atoms with Gasteiger partial charge in [0.15, 0.2) is 5.82 Å². The summed E-state index contributed by atoms with van der Waals surface area (Å²) in [6.07, 6.45) is 16.6. The molecule has 0 spiro atoms. The van der Waals surface area contributed by atoms with Crippen molar-refractivity contribution in [3.05, 3.63) is 69.4 Å². The topological polar surface area (TPSA) is 110 Å². The average Bonchev–Trinajstić information content (AvgIpc) is 3.32. The molecule has 0 fully saturated rings. The Morgan fingerprint density at radius 3 is 2.08 bits per heavy atom. The van der Waals surface area contributed by atoms with Crippen molar-refractivity contribution in [3.8, 4) is 0 Å². The largest absolute Gasteiger partial charge is 0.309 e. The number of hydrogen-bond acceptors (Lipinski definition) is 7. The fraction of sp³-hybridized carbons (Fsp3) is 0.429. The number of nitrogens with zero attached hydrogens (tertiary/aromatic N) is 4. The summed E-state index contributed by atoms with van der Waals surface area (Å²) in [5, 5.41) is 23.9. The number of unbranched alkanes of at least 4 members (excludes halogenated alkanes) is 1. The number of rotatable bonds is 11. The molecule has 0 saturated heterocycles. The van der Waals surface area contributed by atoms with Gasteiger partial charge in [-0.3, -0.25) is 9.59 Å². The molecule has 2 aliphatic carbocycles. The molecule has 8 nitrogen and oxygen atoms in total. The second-order valence-corrected chi connectivity index (χ2v) is 10.6. The van der Waals surface area contributed by atoms with Crippen LogP contribution in [0.4, 0.5) is 10.9 Å². The molecule has 2 aromatic heterocycles. The van der Waals surface area contributed by atoms with E-state index in [1.807, 2.05) is 18.2 Å². The molecule has 37 heavy (non-hydrogen) atoms. The maximum Gasteiger partial charge on any atom is 0.230 e. The van der Waals surface area contributed by atoms with Crippen LogP contribution in [0.15, 0.2) is 58.7 Å². The predicted octanol–water partition coefficient (Wildman–Crippen LogP) is 5.88. The highest BCUT2D eigenvalue weighted by molar-refractivity contribution is 7.15. The molecular formula is C28H34N6O2S. The summed E-state index contributed by atoms with van der Waals surface area (Å²) >= 11 is 1.43. The van der Waals surface area contributed by atoms with Gasteiger partial charge in [0, 0.05) is 6.42 Å². The Kier molecular flexibility index (Phi) is 9.48. The SMILES string of the molecule is CC1=C(CC(=O)Nc2ccc(CCCCc3nnc(NC(=O)CC4=C(C)CCC=C4)s3)nn2)C=CCC1. The molecule has 4 rings (SSSR count). The molecular weight excluding hydrogens is 484 g/mol. The van der Waals surface area contributed by atoms with Gasteiger partial charge in [0.2, 0.25) is 16.9 Å². The molecule has 2 amide bonds. The highest BCUT2D eigenvalue weighted by Crippen LogP contribution is 2.23. The molecule has 0 radical (unpaired) electrons. The number of anilines is 2. The number of aromatic nitrogens is 4. The minimum absolute atomic E-state index is 0.0557. The van der Waals surface area contributed by atoms with Gasteiger partial charge in [0.1, 0.15) is 5.01 Å². The molecule has 2 aliphatic rings. The predicted molar refractivity (Wildman–Crippen MR) is 147 cm³/mol. The minimum atomic E-state index is -0.0754. The van der Waals surface area contributed by atoms with Crippen molar-refractivity contribution in [2.45, 2.75) is 78.1 Å². The Bertz CT molecular complexity index is 1240. The standard InChI is InChI=1S/C28H34N6O2S/c1-19-9-3-5-11-21(19)17-25(35)29-24-16-15-23(31-32-24)13-7-8-14-27-33-34-28(37-27)30-26(36)18-22-12-6-4-10-20(22)2/h5-6,11-12,15-16H,3-4,7-10,13-14,17-18H2,1-2H3,(H,29,32,35)(H,30,34,36). The summed E-state index contributed by atoms with van der Waals surface area (Å²) < 4.78 is 0. The van der Waals surface area contributed by atoms with Crippen molar-refractivity contribution >= 4 is 34.1 Å². The van der Waals surface area contributed by atoms with Crippen LogP contribution in [0.1, 0.15) is 75.9 Å². The molecule has 2 heterocycles. The fourth-order valence-corrected chi connectivity index (χ4v) is 5.12. The Morgan fingerprint density at radius 1 is 0.811 bits per heavy atom. The first-order chi connectivity index (χ1) is 18.0. The van der Waals surface area contributed by atoms with E-state index in [1.54, 1.807) is 6.07 Å². The first-order valence-corrected chi connectivity index (χ1v) is 13.7. The van der Waals surface area contributed by atoms with Gasteiger partial charge < -0.3 is 10.6 Å². The number of carbonyl (C=O) groups is 2. The second-order valence-electron chi connectivity index (χ2n) is 9.56. The smallest absolute Gasteiger partial charge is 0.230 e. The van der Waals surface area contributed by atoms with E-state index in [0.29, 0.717) is 23.8 Å². The van der Waals surface area contributed by atoms with Crippen molar-refractivity contribution in [3.63, 3.8) is 0 Å². The van der Waals surface area contributed by atoms with E-state index in [0.717, 1.165) is 73.2 Å². The lowest BCUT2D eigenvalue weighted by molar-refractivity contribution is -0.116. The van der Waals surface area contributed by atoms with Crippen molar-refractivity contribution < 1.29 is 9.59 Å². The third-order valence-electron chi connectivity index (χ3n) is 6.58. The summed E-state index contributed by atoms with van der Waals surface area (Å²) in [7, 11) is 0. The van der Waals surface area contributed by atoms with Gasteiger partial charge in [-0.15, -0.1) is 15.3 Å². The van der Waals surface area contributed by atoms with E-state index in [1.165, 1.54) is 22.5 Å². The Morgan fingerprint density at radius 2 is 1.46 bits per heavy atom. The van der Waals surface area contributed by atoms with Crippen LogP contribution in [0.25, 0.3) is 0 Å². The molecule has 0 aromatic carbocycles. The van der Waals surface area contributed by atoms with Gasteiger partial charge >= 0.3 is 0 Å². The minimum Gasteiger partial charge on any atom is -0.309 e. The normalized spacial score (nSPS) is 15.3. The third kappa shape index (κ3) is 8.28. The summed E-state index contributed by atoms with van der Waals surface area (Å²) in [4.78, 5) is 24.7. The van der Waals surface area contributed by atoms with Crippen LogP contribution in [0.2, 0.25) is 0 Å². The lowest BCUT2D eigenvalue weighted by Crippen LogP contribution is -2.14. The molecule has 194 valence electrons. The van der Waals surface area contributed by atoms with E-state index in [9.17, 15) is 9.59 Å². The quantitative estimate of drug-likeness (QED) is 0.359. The highest BCUT2D eigenvalue weighted by Gasteiger charge is 2.13. The highest BCUT2D eigenvalue weighted by atomic mass is 32.1. The summed E-state index contributed by atoms with van der Waals surface area (Å²) in [6.45, 7) is 4.17. The summed E-state index contributed by atoms with van der Waals surface area (Å²) in [5.41, 5.74) is 5.62. The maximum absolute atomic E-state index is 12.4. The number of aryl methyl sites for hydroxylation is 2. The number of allylic oxidation sites excluding steroid dienone is 6. The molecule has 0 bridgehead atoms. The maximum atomic E-state index is 12.4. The Labute approximate surface area is 222 Å². The zero-order chi connectivity index (χ0) is 26.0. The molecule has 2 N–H and O–H groups in total. The lowest BCUT2D eigenvalue weighted by atomic mass is 9.96.